The minimum Gasteiger partial charge on any atom is -0.271 e. The Morgan fingerprint density at radius 2 is 0.688 bits per heavy atom. The molecule has 10 nitrogen and oxygen atoms in total. The summed E-state index contributed by atoms with van der Waals surface area (Å²) in [5.41, 5.74) is -0.00819. The number of carbonyl (C=O) groups excluding carboxylic acids is 4. The average molecular weight is 631 g/mol. The van der Waals surface area contributed by atoms with E-state index in [2.05, 4.69) is 24.3 Å². The van der Waals surface area contributed by atoms with Crippen molar-refractivity contribution < 1.29 is 19.2 Å². The van der Waals surface area contributed by atoms with E-state index in [1.54, 1.807) is 0 Å². The van der Waals surface area contributed by atoms with Crippen molar-refractivity contribution in [3.63, 3.8) is 0 Å². The molecular formula is C38H26N6O4. The summed E-state index contributed by atoms with van der Waals surface area (Å²) in [6.07, 6.45) is 1.91. The molecule has 0 aromatic heterocycles. The van der Waals surface area contributed by atoms with Gasteiger partial charge in [-0.3, -0.25) is 29.0 Å². The third kappa shape index (κ3) is 3.52. The molecule has 0 atom stereocenters. The van der Waals surface area contributed by atoms with Gasteiger partial charge in [0.2, 0.25) is 0 Å². The van der Waals surface area contributed by atoms with E-state index in [9.17, 15) is 40.2 Å². The van der Waals surface area contributed by atoms with Crippen molar-refractivity contribution in [1.82, 2.24) is 9.80 Å². The number of nitriles is 4. The van der Waals surface area contributed by atoms with Crippen molar-refractivity contribution in [2.45, 2.75) is 65.5 Å². The lowest BCUT2D eigenvalue weighted by Gasteiger charge is -2.35. The first-order chi connectivity index (χ1) is 23.2. The number of fused-ring (bicyclic) bond motifs is 2. The number of benzene rings is 5. The summed E-state index contributed by atoms with van der Waals surface area (Å²) in [6, 6.07) is 13.7. The monoisotopic (exact) mass is 630 g/mol. The molecule has 0 unspecified atom stereocenters. The second-order valence-corrected chi connectivity index (χ2v) is 12.2. The van der Waals surface area contributed by atoms with E-state index >= 15 is 0 Å². The van der Waals surface area contributed by atoms with E-state index in [1.807, 2.05) is 27.7 Å². The highest BCUT2D eigenvalue weighted by Crippen LogP contribution is 2.49. The largest absolute Gasteiger partial charge is 0.271 e. The van der Waals surface area contributed by atoms with E-state index < -0.39 is 35.7 Å². The van der Waals surface area contributed by atoms with Gasteiger partial charge in [0.1, 0.15) is 24.3 Å². The molecule has 0 saturated carbocycles. The van der Waals surface area contributed by atoms with Crippen molar-refractivity contribution >= 4 is 66.7 Å². The quantitative estimate of drug-likeness (QED) is 0.112. The van der Waals surface area contributed by atoms with Gasteiger partial charge in [0.05, 0.1) is 44.5 Å². The van der Waals surface area contributed by atoms with Crippen molar-refractivity contribution in [1.29, 1.82) is 21.0 Å². The van der Waals surface area contributed by atoms with E-state index in [4.69, 9.17) is 0 Å². The molecule has 5 aromatic rings. The van der Waals surface area contributed by atoms with Crippen molar-refractivity contribution in [3.8, 4) is 24.3 Å². The van der Waals surface area contributed by atoms with Crippen LogP contribution in [0.4, 0.5) is 0 Å². The van der Waals surface area contributed by atoms with E-state index in [1.165, 1.54) is 24.3 Å². The molecule has 2 heterocycles. The maximum Gasteiger partial charge on any atom is 0.262 e. The van der Waals surface area contributed by atoms with Gasteiger partial charge in [-0.2, -0.15) is 21.0 Å². The molecule has 0 spiro atoms. The van der Waals surface area contributed by atoms with Crippen LogP contribution in [0.5, 0.6) is 0 Å². The van der Waals surface area contributed by atoms with Crippen LogP contribution in [0.25, 0.3) is 43.1 Å². The van der Waals surface area contributed by atoms with Gasteiger partial charge in [-0.1, -0.05) is 27.7 Å². The van der Waals surface area contributed by atoms with Crippen LogP contribution in [-0.4, -0.2) is 45.5 Å². The van der Waals surface area contributed by atoms with Gasteiger partial charge in [-0.15, -0.1) is 0 Å². The molecule has 0 aliphatic carbocycles. The molecule has 232 valence electrons. The van der Waals surface area contributed by atoms with E-state index in [-0.39, 0.29) is 55.3 Å². The molecule has 0 N–H and O–H groups in total. The Hall–Kier alpha value is -6.36. The Kier molecular flexibility index (Phi) is 6.69. The normalized spacial score (nSPS) is 14.1. The maximum atomic E-state index is 14.2. The molecular weight excluding hydrogens is 604 g/mol. The molecule has 7 rings (SSSR count). The lowest BCUT2D eigenvalue weighted by atomic mass is 9.77. The zero-order valence-corrected chi connectivity index (χ0v) is 26.6. The summed E-state index contributed by atoms with van der Waals surface area (Å²) in [4.78, 5) is 59.0. The summed E-state index contributed by atoms with van der Waals surface area (Å²) >= 11 is 0. The third-order valence-corrected chi connectivity index (χ3v) is 10.2. The zero-order chi connectivity index (χ0) is 34.3. The average Bonchev–Trinajstić information content (AvgIpc) is 3.10. The van der Waals surface area contributed by atoms with Gasteiger partial charge in [0, 0.05) is 22.9 Å². The zero-order valence-electron chi connectivity index (χ0n) is 26.6. The lowest BCUT2D eigenvalue weighted by molar-refractivity contribution is 0.0514. The highest BCUT2D eigenvalue weighted by atomic mass is 16.2. The summed E-state index contributed by atoms with van der Waals surface area (Å²) in [5.74, 6) is -2.52. The van der Waals surface area contributed by atoms with Crippen LogP contribution in [0, 0.1) is 45.3 Å². The summed E-state index contributed by atoms with van der Waals surface area (Å²) in [5, 5.41) is 44.5. The number of carbonyl (C=O) groups is 4. The van der Waals surface area contributed by atoms with Crippen LogP contribution in [0.2, 0.25) is 0 Å². The molecule has 5 aromatic carbocycles. The summed E-state index contributed by atoms with van der Waals surface area (Å²) < 4.78 is 0. The van der Waals surface area contributed by atoms with Crippen LogP contribution < -0.4 is 0 Å². The number of nitrogens with zero attached hydrogens (tertiary/aromatic N) is 6. The van der Waals surface area contributed by atoms with Crippen LogP contribution in [0.15, 0.2) is 24.3 Å². The summed E-state index contributed by atoms with van der Waals surface area (Å²) in [6.45, 7) is 7.42. The standard InChI is InChI=1S/C38H26N6O4/c1-5-21(6-2)43-35(45)27-17(13-39)9-23-25-11-19(15-41)29-34-30(38(48)44(37(29)47)22(7-3)8-4)20(16-42)12-26(32(25)34)24-10-18(14-40)28(36(43)46)33(27)31(23)24/h9-12,21-22H,5-8H2,1-4H3. The fourth-order valence-electron chi connectivity index (χ4n) is 8.00. The highest BCUT2D eigenvalue weighted by molar-refractivity contribution is 6.42. The van der Waals surface area contributed by atoms with Crippen LogP contribution in [0.1, 0.15) is 117 Å². The smallest absolute Gasteiger partial charge is 0.262 e. The highest BCUT2D eigenvalue weighted by Gasteiger charge is 2.43. The molecule has 0 saturated heterocycles. The molecule has 2 aliphatic heterocycles. The third-order valence-electron chi connectivity index (χ3n) is 10.2. The van der Waals surface area contributed by atoms with Gasteiger partial charge in [0.25, 0.3) is 23.6 Å². The van der Waals surface area contributed by atoms with Crippen LogP contribution in [-0.2, 0) is 0 Å². The maximum absolute atomic E-state index is 14.2. The van der Waals surface area contributed by atoms with Crippen molar-refractivity contribution in [2.75, 3.05) is 0 Å². The second-order valence-electron chi connectivity index (χ2n) is 12.2. The first-order valence-corrected chi connectivity index (χ1v) is 15.9. The first kappa shape index (κ1) is 30.3. The van der Waals surface area contributed by atoms with Gasteiger partial charge >= 0.3 is 0 Å². The Bertz CT molecular complexity index is 2210. The Labute approximate surface area is 274 Å². The van der Waals surface area contributed by atoms with Crippen LogP contribution >= 0.6 is 0 Å². The lowest BCUT2D eigenvalue weighted by Crippen LogP contribution is -2.47. The Balaban J connectivity index is 1.76. The number of hydrogen-bond donors (Lipinski definition) is 0. The van der Waals surface area contributed by atoms with Crippen molar-refractivity contribution in [2.24, 2.45) is 0 Å². The number of imide groups is 2. The van der Waals surface area contributed by atoms with Gasteiger partial charge in [-0.25, -0.2) is 0 Å². The molecule has 0 fully saturated rings. The van der Waals surface area contributed by atoms with Crippen molar-refractivity contribution in [3.05, 3.63) is 68.8 Å². The fourth-order valence-corrected chi connectivity index (χ4v) is 8.00. The molecule has 48 heavy (non-hydrogen) atoms. The SMILES string of the molecule is CCC(CC)N1C(=O)c2c(C#N)cc3c4cc(C#N)c5c6c(c(C#N)cc(c7cc(C#N)c(c2c37)C1=O)c64)C(=O)N(C(CC)CC)C5=O. The minimum absolute atomic E-state index is 0.0114. The van der Waals surface area contributed by atoms with Gasteiger partial charge in [0.15, 0.2) is 0 Å². The number of amides is 4. The first-order valence-electron chi connectivity index (χ1n) is 15.9. The topological polar surface area (TPSA) is 170 Å². The molecule has 0 bridgehead atoms. The predicted octanol–water partition coefficient (Wildman–Crippen LogP) is 6.79. The van der Waals surface area contributed by atoms with Crippen LogP contribution in [0.3, 0.4) is 0 Å². The molecule has 0 radical (unpaired) electrons. The molecule has 2 aliphatic rings. The predicted molar refractivity (Wildman–Crippen MR) is 176 cm³/mol. The Morgan fingerprint density at radius 1 is 0.458 bits per heavy atom. The minimum atomic E-state index is -0.630. The van der Waals surface area contributed by atoms with Gasteiger partial charge < -0.3 is 0 Å². The summed E-state index contributed by atoms with van der Waals surface area (Å²) in [7, 11) is 0. The van der Waals surface area contributed by atoms with E-state index in [0.29, 0.717) is 58.0 Å². The number of hydrogen-bond acceptors (Lipinski definition) is 8. The second kappa shape index (κ2) is 10.6. The number of rotatable bonds is 6. The molecule has 4 amide bonds. The van der Waals surface area contributed by atoms with Gasteiger partial charge in [-0.05, 0) is 82.3 Å². The Morgan fingerprint density at radius 3 is 0.875 bits per heavy atom. The molecule has 10 heteroatoms. The van der Waals surface area contributed by atoms with E-state index in [0.717, 1.165) is 9.80 Å². The fraction of sp³-hybridized carbons (Fsp3) is 0.263.